The fraction of sp³-hybridized carbons (Fsp3) is 0.318. The van der Waals surface area contributed by atoms with E-state index in [9.17, 15) is 0 Å². The number of hydrogen-bond donors (Lipinski definition) is 0. The second kappa shape index (κ2) is 9.58. The van der Waals surface area contributed by atoms with Gasteiger partial charge in [-0.25, -0.2) is 4.98 Å². The molecule has 0 aliphatic carbocycles. The molecule has 26 heavy (non-hydrogen) atoms. The van der Waals surface area contributed by atoms with E-state index in [0.717, 1.165) is 34.5 Å². The summed E-state index contributed by atoms with van der Waals surface area (Å²) in [6.45, 7) is 2.33. The number of alkyl halides is 1. The summed E-state index contributed by atoms with van der Waals surface area (Å²) in [5.41, 5.74) is 3.17. The van der Waals surface area contributed by atoms with Crippen LogP contribution in [0.25, 0.3) is 11.5 Å². The van der Waals surface area contributed by atoms with Gasteiger partial charge in [-0.05, 0) is 56.0 Å². The van der Waals surface area contributed by atoms with Crippen LogP contribution in [-0.2, 0) is 13.0 Å². The van der Waals surface area contributed by atoms with Crippen LogP contribution in [0, 0.1) is 6.92 Å². The predicted octanol–water partition coefficient (Wildman–Crippen LogP) is 6.34. The predicted molar refractivity (Wildman–Crippen MR) is 109 cm³/mol. The standard InChI is InChI=1S/C22H24BrNO2/c1-17-21(24-22(26-17)19-9-5-2-6-10-19)16-25-20-13-11-18(12-14-20)8-4-3-7-15-23/h2,5-6,9-14H,3-4,7-8,15-16H2,1H3. The summed E-state index contributed by atoms with van der Waals surface area (Å²) in [6.07, 6.45) is 4.85. The topological polar surface area (TPSA) is 35.3 Å². The van der Waals surface area contributed by atoms with Crippen LogP contribution in [0.5, 0.6) is 5.75 Å². The van der Waals surface area contributed by atoms with Gasteiger partial charge in [-0.1, -0.05) is 52.7 Å². The Balaban J connectivity index is 1.55. The minimum Gasteiger partial charge on any atom is -0.487 e. The number of rotatable bonds is 9. The molecule has 0 saturated carbocycles. The lowest BCUT2D eigenvalue weighted by atomic mass is 10.1. The molecule has 2 aromatic carbocycles. The van der Waals surface area contributed by atoms with Crippen LogP contribution in [0.4, 0.5) is 0 Å². The first-order valence-electron chi connectivity index (χ1n) is 9.05. The minimum absolute atomic E-state index is 0.409. The average Bonchev–Trinajstić information content (AvgIpc) is 3.06. The van der Waals surface area contributed by atoms with E-state index in [1.807, 2.05) is 49.4 Å². The van der Waals surface area contributed by atoms with Gasteiger partial charge in [0.25, 0.3) is 0 Å². The van der Waals surface area contributed by atoms with Gasteiger partial charge in [0.2, 0.25) is 5.89 Å². The minimum atomic E-state index is 0.409. The number of nitrogens with zero attached hydrogens (tertiary/aromatic N) is 1. The fourth-order valence-corrected chi connectivity index (χ4v) is 3.17. The van der Waals surface area contributed by atoms with E-state index in [2.05, 4.69) is 33.0 Å². The molecule has 0 aliphatic heterocycles. The van der Waals surface area contributed by atoms with Gasteiger partial charge in [0.05, 0.1) is 0 Å². The van der Waals surface area contributed by atoms with Crippen LogP contribution in [0.3, 0.4) is 0 Å². The zero-order valence-electron chi connectivity index (χ0n) is 15.1. The summed E-state index contributed by atoms with van der Waals surface area (Å²) < 4.78 is 11.7. The monoisotopic (exact) mass is 413 g/mol. The summed E-state index contributed by atoms with van der Waals surface area (Å²) in [4.78, 5) is 4.58. The number of ether oxygens (including phenoxy) is 1. The Hall–Kier alpha value is -2.07. The summed E-state index contributed by atoms with van der Waals surface area (Å²) >= 11 is 3.47. The molecule has 3 nitrogen and oxygen atoms in total. The van der Waals surface area contributed by atoms with Crippen LogP contribution in [0.2, 0.25) is 0 Å². The van der Waals surface area contributed by atoms with Crippen molar-refractivity contribution in [2.75, 3.05) is 5.33 Å². The molecule has 136 valence electrons. The van der Waals surface area contributed by atoms with Gasteiger partial charge in [0, 0.05) is 10.9 Å². The maximum atomic E-state index is 5.89. The molecule has 0 atom stereocenters. The van der Waals surface area contributed by atoms with Gasteiger partial charge in [-0.2, -0.15) is 0 Å². The Morgan fingerprint density at radius 2 is 1.73 bits per heavy atom. The van der Waals surface area contributed by atoms with Crippen LogP contribution in [0.15, 0.2) is 59.0 Å². The third-order valence-corrected chi connectivity index (χ3v) is 4.87. The van der Waals surface area contributed by atoms with Crippen LogP contribution < -0.4 is 4.74 Å². The zero-order chi connectivity index (χ0) is 18.2. The number of halogens is 1. The lowest BCUT2D eigenvalue weighted by Crippen LogP contribution is -1.98. The van der Waals surface area contributed by atoms with Crippen molar-refractivity contribution in [3.05, 3.63) is 71.6 Å². The molecule has 1 aromatic heterocycles. The summed E-state index contributed by atoms with van der Waals surface area (Å²) in [7, 11) is 0. The number of hydrogen-bond acceptors (Lipinski definition) is 3. The fourth-order valence-electron chi connectivity index (χ4n) is 2.77. The smallest absolute Gasteiger partial charge is 0.226 e. The Kier molecular flexibility index (Phi) is 6.89. The largest absolute Gasteiger partial charge is 0.487 e. The Morgan fingerprint density at radius 1 is 0.962 bits per heavy atom. The van der Waals surface area contributed by atoms with Crippen molar-refractivity contribution in [1.82, 2.24) is 4.98 Å². The van der Waals surface area contributed by atoms with Gasteiger partial charge in [-0.15, -0.1) is 0 Å². The highest BCUT2D eigenvalue weighted by Gasteiger charge is 2.11. The van der Waals surface area contributed by atoms with Crippen LogP contribution >= 0.6 is 15.9 Å². The third kappa shape index (κ3) is 5.21. The Labute approximate surface area is 163 Å². The van der Waals surface area contributed by atoms with E-state index >= 15 is 0 Å². The van der Waals surface area contributed by atoms with Crippen LogP contribution in [-0.4, -0.2) is 10.3 Å². The van der Waals surface area contributed by atoms with E-state index in [4.69, 9.17) is 9.15 Å². The summed E-state index contributed by atoms with van der Waals surface area (Å²) in [5, 5.41) is 1.09. The summed E-state index contributed by atoms with van der Waals surface area (Å²) in [5.74, 6) is 2.30. The maximum absolute atomic E-state index is 5.89. The molecule has 0 radical (unpaired) electrons. The van der Waals surface area contributed by atoms with E-state index < -0.39 is 0 Å². The highest BCUT2D eigenvalue weighted by Crippen LogP contribution is 2.23. The van der Waals surface area contributed by atoms with Gasteiger partial charge in [0.15, 0.2) is 0 Å². The first kappa shape index (κ1) is 18.7. The molecule has 0 amide bonds. The highest BCUT2D eigenvalue weighted by molar-refractivity contribution is 9.09. The van der Waals surface area contributed by atoms with E-state index in [-0.39, 0.29) is 0 Å². The third-order valence-electron chi connectivity index (χ3n) is 4.31. The lowest BCUT2D eigenvalue weighted by Gasteiger charge is -2.06. The SMILES string of the molecule is Cc1oc(-c2ccccc2)nc1COc1ccc(CCCCCBr)cc1. The molecule has 0 unspecified atom stereocenters. The normalized spacial score (nSPS) is 10.8. The van der Waals surface area contributed by atoms with Crippen molar-refractivity contribution in [2.45, 2.75) is 39.2 Å². The van der Waals surface area contributed by atoms with Crippen molar-refractivity contribution >= 4 is 15.9 Å². The molecule has 0 aliphatic rings. The van der Waals surface area contributed by atoms with E-state index in [1.54, 1.807) is 0 Å². The van der Waals surface area contributed by atoms with Crippen molar-refractivity contribution in [3.8, 4) is 17.2 Å². The van der Waals surface area contributed by atoms with E-state index in [1.165, 1.54) is 24.8 Å². The van der Waals surface area contributed by atoms with Gasteiger partial charge in [-0.3, -0.25) is 0 Å². The van der Waals surface area contributed by atoms with Crippen molar-refractivity contribution in [3.63, 3.8) is 0 Å². The first-order chi connectivity index (χ1) is 12.8. The quantitative estimate of drug-likeness (QED) is 0.303. The molecule has 0 fully saturated rings. The first-order valence-corrected chi connectivity index (χ1v) is 10.2. The molecule has 4 heteroatoms. The Bertz CT molecular complexity index is 797. The molecule has 1 heterocycles. The van der Waals surface area contributed by atoms with E-state index in [0.29, 0.717) is 12.5 Å². The molecular formula is C22H24BrNO2. The van der Waals surface area contributed by atoms with Crippen molar-refractivity contribution in [1.29, 1.82) is 0 Å². The second-order valence-electron chi connectivity index (χ2n) is 6.32. The summed E-state index contributed by atoms with van der Waals surface area (Å²) in [6, 6.07) is 18.3. The second-order valence-corrected chi connectivity index (χ2v) is 7.11. The van der Waals surface area contributed by atoms with Gasteiger partial charge in [0.1, 0.15) is 23.8 Å². The zero-order valence-corrected chi connectivity index (χ0v) is 16.7. The van der Waals surface area contributed by atoms with Crippen LogP contribution in [0.1, 0.15) is 36.3 Å². The number of aryl methyl sites for hydroxylation is 2. The molecule has 3 aromatic rings. The maximum Gasteiger partial charge on any atom is 0.226 e. The number of unbranched alkanes of at least 4 members (excludes halogenated alkanes) is 2. The number of benzene rings is 2. The number of oxazole rings is 1. The Morgan fingerprint density at radius 3 is 2.46 bits per heavy atom. The molecule has 0 spiro atoms. The average molecular weight is 414 g/mol. The van der Waals surface area contributed by atoms with Gasteiger partial charge < -0.3 is 9.15 Å². The molecule has 0 N–H and O–H groups in total. The molecule has 0 saturated heterocycles. The van der Waals surface area contributed by atoms with Crippen molar-refractivity contribution in [2.24, 2.45) is 0 Å². The number of aromatic nitrogens is 1. The lowest BCUT2D eigenvalue weighted by molar-refractivity contribution is 0.299. The molecule has 3 rings (SSSR count). The molecule has 0 bridgehead atoms. The van der Waals surface area contributed by atoms with Crippen molar-refractivity contribution < 1.29 is 9.15 Å². The molecular weight excluding hydrogens is 390 g/mol. The van der Waals surface area contributed by atoms with Gasteiger partial charge >= 0.3 is 0 Å². The highest BCUT2D eigenvalue weighted by atomic mass is 79.9.